The van der Waals surface area contributed by atoms with Crippen LogP contribution in [0.1, 0.15) is 11.6 Å². The van der Waals surface area contributed by atoms with Crippen LogP contribution in [0.25, 0.3) is 11.1 Å². The number of aromatic nitrogens is 1. The Morgan fingerprint density at radius 2 is 2.31 bits per heavy atom. The first kappa shape index (κ1) is 11.2. The number of nitrogens with zero attached hydrogens (tertiary/aromatic N) is 1. The maximum Gasteiger partial charge on any atom is 0.419 e. The number of halogens is 1. The molecule has 1 aromatic carbocycles. The Kier molecular flexibility index (Phi) is 3.03. The summed E-state index contributed by atoms with van der Waals surface area (Å²) in [6.45, 7) is 0. The van der Waals surface area contributed by atoms with E-state index in [9.17, 15) is 4.79 Å². The molecule has 16 heavy (non-hydrogen) atoms. The number of aryl methyl sites for hydroxylation is 1. The lowest BCUT2D eigenvalue weighted by Gasteiger charge is -2.12. The Labute approximate surface area is 97.8 Å². The number of benzene rings is 1. The van der Waals surface area contributed by atoms with Crippen molar-refractivity contribution in [2.75, 3.05) is 12.9 Å². The van der Waals surface area contributed by atoms with E-state index in [0.717, 1.165) is 11.1 Å². The Hall–Kier alpha value is -1.26. The first-order chi connectivity index (χ1) is 7.67. The number of hydrogen-bond donors (Lipinski definition) is 1. The lowest BCUT2D eigenvalue weighted by atomic mass is 10.1. The zero-order valence-electron chi connectivity index (χ0n) is 9.16. The predicted molar refractivity (Wildman–Crippen MR) is 64.0 cm³/mol. The van der Waals surface area contributed by atoms with Crippen LogP contribution < -0.4 is 11.1 Å². The molecule has 86 valence electrons. The van der Waals surface area contributed by atoms with Crippen molar-refractivity contribution in [2.24, 2.45) is 7.05 Å². The molecule has 1 unspecified atom stereocenters. The maximum atomic E-state index is 11.3. The van der Waals surface area contributed by atoms with Gasteiger partial charge >= 0.3 is 5.76 Å². The summed E-state index contributed by atoms with van der Waals surface area (Å²) in [4.78, 5) is 11.3. The Bertz CT molecular complexity index is 555. The molecule has 0 aliphatic heterocycles. The molecule has 5 heteroatoms. The van der Waals surface area contributed by atoms with E-state index in [4.69, 9.17) is 16.0 Å². The van der Waals surface area contributed by atoms with Crippen LogP contribution in [0.4, 0.5) is 0 Å². The minimum atomic E-state index is -0.348. The van der Waals surface area contributed by atoms with Crippen LogP contribution in [0, 0.1) is 0 Å². The van der Waals surface area contributed by atoms with Gasteiger partial charge in [-0.25, -0.2) is 4.79 Å². The van der Waals surface area contributed by atoms with E-state index in [0.29, 0.717) is 11.5 Å². The summed E-state index contributed by atoms with van der Waals surface area (Å²) in [5, 5.41) is 3.10. The number of nitrogens with one attached hydrogen (secondary N) is 1. The minimum absolute atomic E-state index is 0.0663. The van der Waals surface area contributed by atoms with Crippen molar-refractivity contribution >= 4 is 22.7 Å². The van der Waals surface area contributed by atoms with E-state index >= 15 is 0 Å². The Morgan fingerprint density at radius 3 is 2.94 bits per heavy atom. The second kappa shape index (κ2) is 4.31. The normalized spacial score (nSPS) is 13.2. The van der Waals surface area contributed by atoms with Gasteiger partial charge in [-0.3, -0.25) is 4.57 Å². The van der Waals surface area contributed by atoms with Crippen LogP contribution >= 0.6 is 11.6 Å². The van der Waals surface area contributed by atoms with Gasteiger partial charge in [0.2, 0.25) is 0 Å². The average Bonchev–Trinajstić information content (AvgIpc) is 2.56. The van der Waals surface area contributed by atoms with Gasteiger partial charge in [-0.05, 0) is 24.7 Å². The fraction of sp³-hybridized carbons (Fsp3) is 0.364. The van der Waals surface area contributed by atoms with Crippen LogP contribution in [0.15, 0.2) is 27.4 Å². The molecule has 0 amide bonds. The molecule has 2 rings (SSSR count). The molecule has 0 fully saturated rings. The van der Waals surface area contributed by atoms with Crippen molar-refractivity contribution in [3.63, 3.8) is 0 Å². The van der Waals surface area contributed by atoms with Crippen molar-refractivity contribution in [2.45, 2.75) is 6.04 Å². The van der Waals surface area contributed by atoms with Gasteiger partial charge in [-0.2, -0.15) is 0 Å². The van der Waals surface area contributed by atoms with Gasteiger partial charge in [0.25, 0.3) is 0 Å². The quantitative estimate of drug-likeness (QED) is 0.830. The van der Waals surface area contributed by atoms with Crippen molar-refractivity contribution in [3.05, 3.63) is 34.3 Å². The average molecular weight is 241 g/mol. The molecule has 1 heterocycles. The smallest absolute Gasteiger partial charge is 0.408 e. The summed E-state index contributed by atoms with van der Waals surface area (Å²) in [6, 6.07) is 5.73. The van der Waals surface area contributed by atoms with Crippen LogP contribution in [0.5, 0.6) is 0 Å². The molecule has 0 saturated heterocycles. The third-order valence-corrected chi connectivity index (χ3v) is 3.03. The van der Waals surface area contributed by atoms with E-state index in [1.807, 2.05) is 25.2 Å². The molecule has 1 atom stereocenters. The zero-order chi connectivity index (χ0) is 11.7. The topological polar surface area (TPSA) is 47.2 Å². The van der Waals surface area contributed by atoms with Gasteiger partial charge in [0.05, 0.1) is 5.52 Å². The van der Waals surface area contributed by atoms with E-state index in [1.54, 1.807) is 7.05 Å². The first-order valence-electron chi connectivity index (χ1n) is 5.00. The summed E-state index contributed by atoms with van der Waals surface area (Å²) in [6.07, 6.45) is 0. The summed E-state index contributed by atoms with van der Waals surface area (Å²) < 4.78 is 6.60. The highest BCUT2D eigenvalue weighted by Gasteiger charge is 2.11. The SMILES string of the molecule is CNC(CCl)c1ccc2c(c1)oc(=O)n2C. The zero-order valence-corrected chi connectivity index (χ0v) is 9.91. The van der Waals surface area contributed by atoms with Gasteiger partial charge in [-0.1, -0.05) is 6.07 Å². The number of alkyl halides is 1. The highest BCUT2D eigenvalue weighted by atomic mass is 35.5. The van der Waals surface area contributed by atoms with E-state index < -0.39 is 0 Å². The molecule has 0 radical (unpaired) electrons. The van der Waals surface area contributed by atoms with E-state index in [2.05, 4.69) is 5.32 Å². The number of oxazole rings is 1. The largest absolute Gasteiger partial charge is 0.419 e. The van der Waals surface area contributed by atoms with Crippen molar-refractivity contribution in [1.29, 1.82) is 0 Å². The monoisotopic (exact) mass is 240 g/mol. The van der Waals surface area contributed by atoms with Crippen molar-refractivity contribution < 1.29 is 4.42 Å². The van der Waals surface area contributed by atoms with Crippen LogP contribution in [0.3, 0.4) is 0 Å². The molecule has 0 aliphatic carbocycles. The molecular weight excluding hydrogens is 228 g/mol. The summed E-state index contributed by atoms with van der Waals surface area (Å²) >= 11 is 5.83. The second-order valence-corrected chi connectivity index (χ2v) is 3.96. The van der Waals surface area contributed by atoms with Crippen molar-refractivity contribution in [1.82, 2.24) is 9.88 Å². The number of rotatable bonds is 3. The molecule has 0 saturated carbocycles. The highest BCUT2D eigenvalue weighted by molar-refractivity contribution is 6.18. The molecular formula is C11H13ClN2O2. The third kappa shape index (κ3) is 1.74. The van der Waals surface area contributed by atoms with Crippen molar-refractivity contribution in [3.8, 4) is 0 Å². The molecule has 1 N–H and O–H groups in total. The second-order valence-electron chi connectivity index (χ2n) is 3.65. The minimum Gasteiger partial charge on any atom is -0.408 e. The first-order valence-corrected chi connectivity index (χ1v) is 5.53. The molecule has 0 spiro atoms. The number of fused-ring (bicyclic) bond motifs is 1. The van der Waals surface area contributed by atoms with Crippen LogP contribution in [0.2, 0.25) is 0 Å². The molecule has 4 nitrogen and oxygen atoms in total. The standard InChI is InChI=1S/C11H13ClN2O2/c1-13-8(6-12)7-3-4-9-10(5-7)16-11(15)14(9)2/h3-5,8,13H,6H2,1-2H3. The summed E-state index contributed by atoms with van der Waals surface area (Å²) in [7, 11) is 3.53. The summed E-state index contributed by atoms with van der Waals surface area (Å²) in [5.74, 6) is 0.123. The van der Waals surface area contributed by atoms with Gasteiger partial charge in [-0.15, -0.1) is 11.6 Å². The lowest BCUT2D eigenvalue weighted by Crippen LogP contribution is -2.17. The Balaban J connectivity index is 2.56. The van der Waals surface area contributed by atoms with Crippen LogP contribution in [-0.4, -0.2) is 17.5 Å². The van der Waals surface area contributed by atoms with Gasteiger partial charge in [0, 0.05) is 19.0 Å². The molecule has 1 aromatic heterocycles. The third-order valence-electron chi connectivity index (χ3n) is 2.72. The van der Waals surface area contributed by atoms with E-state index in [1.165, 1.54) is 4.57 Å². The van der Waals surface area contributed by atoms with Gasteiger partial charge < -0.3 is 9.73 Å². The lowest BCUT2D eigenvalue weighted by molar-refractivity contribution is 0.527. The fourth-order valence-electron chi connectivity index (χ4n) is 1.70. The van der Waals surface area contributed by atoms with Gasteiger partial charge in [0.1, 0.15) is 0 Å². The summed E-state index contributed by atoms with van der Waals surface area (Å²) in [5.41, 5.74) is 2.40. The fourth-order valence-corrected chi connectivity index (χ4v) is 2.03. The predicted octanol–water partition coefficient (Wildman–Crippen LogP) is 1.63. The highest BCUT2D eigenvalue weighted by Crippen LogP contribution is 2.20. The number of hydrogen-bond acceptors (Lipinski definition) is 3. The van der Waals surface area contributed by atoms with E-state index in [-0.39, 0.29) is 11.8 Å². The molecule has 2 aromatic rings. The van der Waals surface area contributed by atoms with Gasteiger partial charge in [0.15, 0.2) is 5.58 Å². The molecule has 0 bridgehead atoms. The van der Waals surface area contributed by atoms with Crippen LogP contribution in [-0.2, 0) is 7.05 Å². The molecule has 0 aliphatic rings. The Morgan fingerprint density at radius 1 is 1.56 bits per heavy atom. The maximum absolute atomic E-state index is 11.3.